The van der Waals surface area contributed by atoms with E-state index in [0.717, 1.165) is 22.0 Å². The second-order valence-electron chi connectivity index (χ2n) is 8.09. The van der Waals surface area contributed by atoms with Gasteiger partial charge in [0.05, 0.1) is 25.0 Å². The van der Waals surface area contributed by atoms with Gasteiger partial charge in [0.1, 0.15) is 11.3 Å². The number of amides is 4. The minimum atomic E-state index is -0.827. The highest BCUT2D eigenvalue weighted by Gasteiger charge is 2.37. The maximum atomic E-state index is 13.3. The molecule has 2 heterocycles. The van der Waals surface area contributed by atoms with Crippen LogP contribution in [0.5, 0.6) is 5.75 Å². The summed E-state index contributed by atoms with van der Waals surface area (Å²) in [5.74, 6) is -1.43. The van der Waals surface area contributed by atoms with E-state index in [1.54, 1.807) is 48.5 Å². The van der Waals surface area contributed by atoms with E-state index in [1.165, 1.54) is 13.2 Å². The van der Waals surface area contributed by atoms with Crippen molar-refractivity contribution in [3.05, 3.63) is 82.7 Å². The minimum Gasteiger partial charge on any atom is -0.494 e. The Morgan fingerprint density at radius 1 is 1.00 bits per heavy atom. The van der Waals surface area contributed by atoms with Gasteiger partial charge >= 0.3 is 12.0 Å². The minimum absolute atomic E-state index is 0.169. The lowest BCUT2D eigenvalue weighted by Gasteiger charge is -2.26. The van der Waals surface area contributed by atoms with Gasteiger partial charge in [0.15, 0.2) is 0 Å². The molecule has 1 aliphatic heterocycles. The zero-order chi connectivity index (χ0) is 26.0. The fourth-order valence-corrected chi connectivity index (χ4v) is 4.12. The van der Waals surface area contributed by atoms with Crippen molar-refractivity contribution in [3.8, 4) is 11.4 Å². The van der Waals surface area contributed by atoms with Crippen LogP contribution in [0.2, 0.25) is 0 Å². The van der Waals surface area contributed by atoms with Crippen molar-refractivity contribution in [2.24, 2.45) is 0 Å². The fourth-order valence-electron chi connectivity index (χ4n) is 4.12. The number of methoxy groups -OCH3 is 1. The first kappa shape index (κ1) is 24.5. The number of carbonyl (C=O) groups excluding carboxylic acids is 4. The molecule has 4 rings (SSSR count). The van der Waals surface area contributed by atoms with Gasteiger partial charge in [0.2, 0.25) is 0 Å². The van der Waals surface area contributed by atoms with Gasteiger partial charge in [-0.15, -0.1) is 0 Å². The Hall–Kier alpha value is -4.66. The summed E-state index contributed by atoms with van der Waals surface area (Å²) in [4.78, 5) is 51.2. The third kappa shape index (κ3) is 4.50. The number of barbiturate groups is 1. The standard InChI is InChI=1S/C27H25N3O6/c1-5-36-22-8-6-7-21(15-22)30-25(32)23(24(31)28-27(30)34)14-19-13-16(2)29(17(19)3)20-11-9-18(10-12-20)26(33)35-4/h6-15H,5H2,1-4H3,(H,28,31,34)/b23-14-. The molecule has 1 fully saturated rings. The zero-order valence-corrected chi connectivity index (χ0v) is 20.3. The lowest BCUT2D eigenvalue weighted by molar-refractivity contribution is -0.122. The summed E-state index contributed by atoms with van der Waals surface area (Å²) in [6.07, 6.45) is 1.48. The SMILES string of the molecule is CCOc1cccc(N2C(=O)NC(=O)/C(=C/c3cc(C)n(-c4ccc(C(=O)OC)cc4)c3C)C2=O)c1. The molecule has 184 valence electrons. The number of nitrogens with one attached hydrogen (secondary N) is 1. The summed E-state index contributed by atoms with van der Waals surface area (Å²) in [6.45, 7) is 6.00. The molecule has 36 heavy (non-hydrogen) atoms. The van der Waals surface area contributed by atoms with E-state index in [9.17, 15) is 19.2 Å². The van der Waals surface area contributed by atoms with Crippen LogP contribution in [0.1, 0.15) is 34.2 Å². The Balaban J connectivity index is 1.70. The number of imide groups is 2. The van der Waals surface area contributed by atoms with Crippen molar-refractivity contribution >= 4 is 35.6 Å². The topological polar surface area (TPSA) is 107 Å². The summed E-state index contributed by atoms with van der Waals surface area (Å²) in [5.41, 5.74) is 3.61. The molecule has 1 aliphatic rings. The molecule has 1 aromatic heterocycles. The van der Waals surface area contributed by atoms with E-state index in [1.807, 2.05) is 31.4 Å². The summed E-state index contributed by atoms with van der Waals surface area (Å²) in [5, 5.41) is 2.24. The molecule has 0 radical (unpaired) electrons. The number of ether oxygens (including phenoxy) is 2. The van der Waals surface area contributed by atoms with E-state index in [2.05, 4.69) is 5.32 Å². The van der Waals surface area contributed by atoms with E-state index < -0.39 is 23.8 Å². The van der Waals surface area contributed by atoms with Gasteiger partial charge in [-0.1, -0.05) is 6.07 Å². The first-order chi connectivity index (χ1) is 17.2. The lowest BCUT2D eigenvalue weighted by atomic mass is 10.1. The van der Waals surface area contributed by atoms with E-state index >= 15 is 0 Å². The third-order valence-corrected chi connectivity index (χ3v) is 5.81. The quantitative estimate of drug-likeness (QED) is 0.321. The lowest BCUT2D eigenvalue weighted by Crippen LogP contribution is -2.54. The number of nitrogens with zero attached hydrogens (tertiary/aromatic N) is 2. The van der Waals surface area contributed by atoms with Crippen LogP contribution >= 0.6 is 0 Å². The largest absolute Gasteiger partial charge is 0.494 e. The Morgan fingerprint density at radius 3 is 2.39 bits per heavy atom. The molecule has 0 saturated carbocycles. The Kier molecular flexibility index (Phi) is 6.73. The van der Waals surface area contributed by atoms with Crippen LogP contribution in [0.4, 0.5) is 10.5 Å². The maximum absolute atomic E-state index is 13.3. The number of benzene rings is 2. The summed E-state index contributed by atoms with van der Waals surface area (Å²) in [6, 6.07) is 14.5. The molecule has 0 aliphatic carbocycles. The van der Waals surface area contributed by atoms with E-state index in [0.29, 0.717) is 23.5 Å². The van der Waals surface area contributed by atoms with Crippen molar-refractivity contribution < 1.29 is 28.7 Å². The van der Waals surface area contributed by atoms with Crippen LogP contribution in [0.3, 0.4) is 0 Å². The van der Waals surface area contributed by atoms with Crippen LogP contribution in [-0.2, 0) is 14.3 Å². The third-order valence-electron chi connectivity index (χ3n) is 5.81. The van der Waals surface area contributed by atoms with Gasteiger partial charge in [0.25, 0.3) is 11.8 Å². The highest BCUT2D eigenvalue weighted by Crippen LogP contribution is 2.28. The number of anilines is 1. The van der Waals surface area contributed by atoms with Crippen molar-refractivity contribution in [2.75, 3.05) is 18.6 Å². The smallest absolute Gasteiger partial charge is 0.337 e. The summed E-state index contributed by atoms with van der Waals surface area (Å²) < 4.78 is 12.2. The molecule has 9 nitrogen and oxygen atoms in total. The number of hydrogen-bond acceptors (Lipinski definition) is 6. The summed E-state index contributed by atoms with van der Waals surface area (Å²) >= 11 is 0. The first-order valence-electron chi connectivity index (χ1n) is 11.3. The van der Waals surface area contributed by atoms with Gasteiger partial charge < -0.3 is 14.0 Å². The predicted octanol–water partition coefficient (Wildman–Crippen LogP) is 3.95. The average Bonchev–Trinajstić information content (AvgIpc) is 3.14. The molecule has 3 aromatic rings. The van der Waals surface area contributed by atoms with E-state index in [-0.39, 0.29) is 11.3 Å². The Bertz CT molecular complexity index is 1400. The Morgan fingerprint density at radius 2 is 1.72 bits per heavy atom. The fraction of sp³-hybridized carbons (Fsp3) is 0.185. The predicted molar refractivity (Wildman–Crippen MR) is 133 cm³/mol. The van der Waals surface area contributed by atoms with Gasteiger partial charge in [-0.3, -0.25) is 14.9 Å². The Labute approximate surface area is 207 Å². The van der Waals surface area contributed by atoms with Crippen molar-refractivity contribution in [1.82, 2.24) is 9.88 Å². The second-order valence-corrected chi connectivity index (χ2v) is 8.09. The number of urea groups is 1. The van der Waals surface area contributed by atoms with Crippen LogP contribution in [-0.4, -0.2) is 42.1 Å². The van der Waals surface area contributed by atoms with Crippen LogP contribution in [0.15, 0.2) is 60.2 Å². The first-order valence-corrected chi connectivity index (χ1v) is 11.3. The highest BCUT2D eigenvalue weighted by atomic mass is 16.5. The molecule has 1 saturated heterocycles. The number of rotatable bonds is 6. The van der Waals surface area contributed by atoms with Crippen LogP contribution in [0.25, 0.3) is 11.8 Å². The molecular weight excluding hydrogens is 462 g/mol. The number of aryl methyl sites for hydroxylation is 1. The highest BCUT2D eigenvalue weighted by molar-refractivity contribution is 6.39. The normalized spacial score (nSPS) is 14.7. The molecule has 0 atom stereocenters. The number of hydrogen-bond donors (Lipinski definition) is 1. The van der Waals surface area contributed by atoms with Crippen LogP contribution in [0, 0.1) is 13.8 Å². The monoisotopic (exact) mass is 487 g/mol. The molecule has 1 N–H and O–H groups in total. The molecule has 2 aromatic carbocycles. The summed E-state index contributed by atoms with van der Waals surface area (Å²) in [7, 11) is 1.32. The van der Waals surface area contributed by atoms with Crippen molar-refractivity contribution in [2.45, 2.75) is 20.8 Å². The molecule has 9 heteroatoms. The number of aromatic nitrogens is 1. The zero-order valence-electron chi connectivity index (χ0n) is 20.3. The van der Waals surface area contributed by atoms with Crippen LogP contribution < -0.4 is 15.0 Å². The van der Waals surface area contributed by atoms with Gasteiger partial charge in [0, 0.05) is 23.1 Å². The second kappa shape index (κ2) is 9.91. The average molecular weight is 488 g/mol. The molecular formula is C27H25N3O6. The number of carbonyl (C=O) groups is 4. The molecule has 4 amide bonds. The number of esters is 1. The van der Waals surface area contributed by atoms with E-state index in [4.69, 9.17) is 9.47 Å². The van der Waals surface area contributed by atoms with Gasteiger partial charge in [-0.2, -0.15) is 0 Å². The molecule has 0 spiro atoms. The van der Waals surface area contributed by atoms with Crippen molar-refractivity contribution in [3.63, 3.8) is 0 Å². The molecule has 0 bridgehead atoms. The van der Waals surface area contributed by atoms with Crippen molar-refractivity contribution in [1.29, 1.82) is 0 Å². The van der Waals surface area contributed by atoms with Gasteiger partial charge in [-0.05, 0) is 74.9 Å². The maximum Gasteiger partial charge on any atom is 0.337 e. The molecule has 0 unspecified atom stereocenters. The van der Waals surface area contributed by atoms with Gasteiger partial charge in [-0.25, -0.2) is 14.5 Å².